The molecule has 98 valence electrons. The Morgan fingerprint density at radius 2 is 2.06 bits per heavy atom. The number of nitrogens with one attached hydrogen (secondary N) is 2. The molecule has 0 bridgehead atoms. The summed E-state index contributed by atoms with van der Waals surface area (Å²) >= 11 is 0. The van der Waals surface area contributed by atoms with E-state index in [1.165, 1.54) is 0 Å². The molecule has 1 aromatic carbocycles. The minimum absolute atomic E-state index is 0. The zero-order valence-electron chi connectivity index (χ0n) is 9.93. The molecule has 0 atom stereocenters. The van der Waals surface area contributed by atoms with E-state index in [1.54, 1.807) is 6.08 Å². The quantitative estimate of drug-likeness (QED) is 0.321. The van der Waals surface area contributed by atoms with Gasteiger partial charge in [-0.25, -0.2) is 4.99 Å². The zero-order valence-corrected chi connectivity index (χ0v) is 12.3. The molecule has 0 radical (unpaired) electrons. The van der Waals surface area contributed by atoms with Gasteiger partial charge in [-0.2, -0.15) is 0 Å². The van der Waals surface area contributed by atoms with Crippen molar-refractivity contribution in [2.24, 2.45) is 10.7 Å². The molecule has 0 unspecified atom stereocenters. The number of anilines is 1. The van der Waals surface area contributed by atoms with Crippen molar-refractivity contribution in [3.63, 3.8) is 0 Å². The summed E-state index contributed by atoms with van der Waals surface area (Å²) in [6.07, 6.45) is 1.60. The van der Waals surface area contributed by atoms with Crippen LogP contribution >= 0.6 is 24.0 Å². The maximum absolute atomic E-state index is 11.2. The Labute approximate surface area is 124 Å². The summed E-state index contributed by atoms with van der Waals surface area (Å²) in [4.78, 5) is 15.1. The van der Waals surface area contributed by atoms with Crippen LogP contribution in [0.25, 0.3) is 0 Å². The Hall–Kier alpha value is -1.57. The topological polar surface area (TPSA) is 79.5 Å². The maximum atomic E-state index is 11.2. The van der Waals surface area contributed by atoms with Gasteiger partial charge in [-0.3, -0.25) is 4.79 Å². The highest BCUT2D eigenvalue weighted by Crippen LogP contribution is 2.03. The van der Waals surface area contributed by atoms with Gasteiger partial charge in [0.1, 0.15) is 6.54 Å². The van der Waals surface area contributed by atoms with Crippen molar-refractivity contribution in [1.29, 1.82) is 0 Å². The third kappa shape index (κ3) is 6.89. The normalized spacial score (nSPS) is 10.1. The number of nitrogens with zero attached hydrogens (tertiary/aromatic N) is 1. The molecule has 1 amide bonds. The van der Waals surface area contributed by atoms with Crippen LogP contribution in [0.2, 0.25) is 0 Å². The molecular weight excluding hydrogens is 343 g/mol. The molecule has 6 heteroatoms. The van der Waals surface area contributed by atoms with E-state index in [2.05, 4.69) is 22.2 Å². The molecule has 4 N–H and O–H groups in total. The molecular formula is C12H17IN4O. The number of nitrogens with two attached hydrogens (primary N) is 1. The van der Waals surface area contributed by atoms with Crippen LogP contribution in [0.1, 0.15) is 0 Å². The van der Waals surface area contributed by atoms with Gasteiger partial charge < -0.3 is 16.4 Å². The lowest BCUT2D eigenvalue weighted by Crippen LogP contribution is -2.29. The molecule has 0 fully saturated rings. The number of carbonyl (C=O) groups excluding carboxylic acids is 1. The number of hydrogen-bond donors (Lipinski definition) is 3. The summed E-state index contributed by atoms with van der Waals surface area (Å²) in [6.45, 7) is 3.93. The fourth-order valence-corrected chi connectivity index (χ4v) is 1.11. The summed E-state index contributed by atoms with van der Waals surface area (Å²) in [7, 11) is 0. The monoisotopic (exact) mass is 360 g/mol. The first kappa shape index (κ1) is 16.4. The largest absolute Gasteiger partial charge is 0.370 e. The summed E-state index contributed by atoms with van der Waals surface area (Å²) in [5.74, 6) is 0.0210. The van der Waals surface area contributed by atoms with Crippen LogP contribution in [0.3, 0.4) is 0 Å². The predicted octanol–water partition coefficient (Wildman–Crippen LogP) is 1.33. The van der Waals surface area contributed by atoms with Crippen molar-refractivity contribution < 1.29 is 4.79 Å². The smallest absolute Gasteiger partial charge is 0.242 e. The van der Waals surface area contributed by atoms with Gasteiger partial charge in [-0.05, 0) is 12.1 Å². The van der Waals surface area contributed by atoms with Gasteiger partial charge in [0.25, 0.3) is 0 Å². The van der Waals surface area contributed by atoms with E-state index in [4.69, 9.17) is 5.73 Å². The van der Waals surface area contributed by atoms with Gasteiger partial charge in [-0.1, -0.05) is 24.3 Å². The second-order valence-electron chi connectivity index (χ2n) is 3.29. The van der Waals surface area contributed by atoms with E-state index in [0.29, 0.717) is 6.54 Å². The van der Waals surface area contributed by atoms with E-state index in [0.717, 1.165) is 5.69 Å². The van der Waals surface area contributed by atoms with Gasteiger partial charge in [0.05, 0.1) is 0 Å². The fraction of sp³-hybridized carbons (Fsp3) is 0.167. The van der Waals surface area contributed by atoms with Crippen LogP contribution in [0.5, 0.6) is 0 Å². The van der Waals surface area contributed by atoms with Crippen LogP contribution in [-0.4, -0.2) is 25.0 Å². The Balaban J connectivity index is 0.00000289. The number of amides is 1. The minimum Gasteiger partial charge on any atom is -0.370 e. The number of carbonyl (C=O) groups is 1. The van der Waals surface area contributed by atoms with Crippen LogP contribution in [-0.2, 0) is 4.79 Å². The fourth-order valence-electron chi connectivity index (χ4n) is 1.11. The van der Waals surface area contributed by atoms with Crippen molar-refractivity contribution >= 4 is 41.5 Å². The molecule has 0 saturated heterocycles. The van der Waals surface area contributed by atoms with Crippen LogP contribution in [0.4, 0.5) is 5.69 Å². The van der Waals surface area contributed by atoms with E-state index in [1.807, 2.05) is 30.3 Å². The second kappa shape index (κ2) is 9.46. The Bertz CT molecular complexity index is 406. The molecule has 0 aromatic heterocycles. The number of halogens is 1. The number of benzene rings is 1. The third-order valence-electron chi connectivity index (χ3n) is 1.88. The first-order valence-corrected chi connectivity index (χ1v) is 5.22. The summed E-state index contributed by atoms with van der Waals surface area (Å²) in [5.41, 5.74) is 6.45. The maximum Gasteiger partial charge on any atom is 0.242 e. The molecule has 1 rings (SSSR count). The Morgan fingerprint density at radius 3 is 2.67 bits per heavy atom. The zero-order chi connectivity index (χ0) is 12.5. The van der Waals surface area contributed by atoms with Gasteiger partial charge in [0.2, 0.25) is 5.91 Å². The van der Waals surface area contributed by atoms with Crippen molar-refractivity contribution in [1.82, 2.24) is 5.32 Å². The van der Waals surface area contributed by atoms with E-state index in [9.17, 15) is 4.79 Å². The number of rotatable bonds is 5. The highest BCUT2D eigenvalue weighted by molar-refractivity contribution is 14.0. The summed E-state index contributed by atoms with van der Waals surface area (Å²) in [6, 6.07) is 9.39. The Kier molecular flexibility index (Phi) is 8.63. The van der Waals surface area contributed by atoms with Crippen molar-refractivity contribution in [2.45, 2.75) is 0 Å². The number of hydrogen-bond acceptors (Lipinski definition) is 2. The van der Waals surface area contributed by atoms with Crippen LogP contribution < -0.4 is 16.4 Å². The molecule has 0 aliphatic carbocycles. The highest BCUT2D eigenvalue weighted by atomic mass is 127. The number of para-hydroxylation sites is 1. The van der Waals surface area contributed by atoms with Crippen LogP contribution in [0.15, 0.2) is 48.0 Å². The molecule has 0 saturated carbocycles. The van der Waals surface area contributed by atoms with Crippen molar-refractivity contribution in [2.75, 3.05) is 18.4 Å². The predicted molar refractivity (Wildman–Crippen MR) is 85.2 cm³/mol. The average molecular weight is 360 g/mol. The van der Waals surface area contributed by atoms with E-state index in [-0.39, 0.29) is 42.4 Å². The number of guanidine groups is 1. The number of aliphatic imine (C=N–C) groups is 1. The van der Waals surface area contributed by atoms with E-state index < -0.39 is 0 Å². The summed E-state index contributed by atoms with van der Waals surface area (Å²) in [5, 5.41) is 5.49. The van der Waals surface area contributed by atoms with Crippen molar-refractivity contribution in [3.8, 4) is 0 Å². The van der Waals surface area contributed by atoms with Crippen LogP contribution in [0, 0.1) is 0 Å². The van der Waals surface area contributed by atoms with Gasteiger partial charge in [0, 0.05) is 12.2 Å². The first-order chi connectivity index (χ1) is 8.22. The summed E-state index contributed by atoms with van der Waals surface area (Å²) < 4.78 is 0. The SMILES string of the molecule is C=CCNC(=O)CN=C(N)Nc1ccccc1.I. The Morgan fingerprint density at radius 1 is 1.39 bits per heavy atom. The molecule has 0 aliphatic rings. The minimum atomic E-state index is -0.192. The van der Waals surface area contributed by atoms with Crippen molar-refractivity contribution in [3.05, 3.63) is 43.0 Å². The van der Waals surface area contributed by atoms with Gasteiger partial charge in [-0.15, -0.1) is 30.6 Å². The third-order valence-corrected chi connectivity index (χ3v) is 1.88. The molecule has 1 aromatic rings. The highest BCUT2D eigenvalue weighted by Gasteiger charge is 1.98. The molecule has 0 spiro atoms. The molecule has 5 nitrogen and oxygen atoms in total. The standard InChI is InChI=1S/C12H16N4O.HI/c1-2-8-14-11(17)9-15-12(13)16-10-6-4-3-5-7-10;/h2-7H,1,8-9H2,(H,14,17)(H3,13,15,16);1H. The van der Waals surface area contributed by atoms with Gasteiger partial charge >= 0.3 is 0 Å². The molecule has 0 aliphatic heterocycles. The lowest BCUT2D eigenvalue weighted by atomic mass is 10.3. The lowest BCUT2D eigenvalue weighted by molar-refractivity contribution is -0.119. The van der Waals surface area contributed by atoms with E-state index >= 15 is 0 Å². The second-order valence-corrected chi connectivity index (χ2v) is 3.29. The average Bonchev–Trinajstić information content (AvgIpc) is 2.35. The lowest BCUT2D eigenvalue weighted by Gasteiger charge is -2.05. The molecule has 18 heavy (non-hydrogen) atoms. The molecule has 0 heterocycles. The first-order valence-electron chi connectivity index (χ1n) is 5.22. The van der Waals surface area contributed by atoms with Gasteiger partial charge in [0.15, 0.2) is 5.96 Å².